The predicted molar refractivity (Wildman–Crippen MR) is 275 cm³/mol. The quantitative estimate of drug-likeness (QED) is 0.149. The van der Waals surface area contributed by atoms with E-state index in [-0.39, 0.29) is 59.3 Å². The molecule has 73 heavy (non-hydrogen) atoms. The van der Waals surface area contributed by atoms with Crippen LogP contribution in [0.4, 0.5) is 0 Å². The molecule has 5 aliphatic rings. The summed E-state index contributed by atoms with van der Waals surface area (Å²) < 4.78 is 33.3. The normalized spacial score (nSPS) is 16.3. The molecule has 15 nitrogen and oxygen atoms in total. The minimum absolute atomic E-state index is 0. The largest absolute Gasteiger partial charge is 1.00 e. The number of fused-ring (bicyclic) bond motifs is 8. The molecular formula is C56H65BLiN6O9. The van der Waals surface area contributed by atoms with Gasteiger partial charge in [0.15, 0.2) is 6.29 Å². The van der Waals surface area contributed by atoms with Crippen LogP contribution in [-0.2, 0) is 36.6 Å². The topological polar surface area (TPSA) is 160 Å². The summed E-state index contributed by atoms with van der Waals surface area (Å²) in [6.45, 7) is 11.7. The number of para-hydroxylation sites is 2. The molecule has 17 heteroatoms. The smallest absolute Gasteiger partial charge is 1.00 e. The van der Waals surface area contributed by atoms with Crippen molar-refractivity contribution >= 4 is 26.5 Å². The first-order chi connectivity index (χ1) is 34.3. The molecule has 0 bridgehead atoms. The molecule has 0 atom stereocenters. The second-order valence-corrected chi connectivity index (χ2v) is 19.3. The summed E-state index contributed by atoms with van der Waals surface area (Å²) in [5, 5.41) is 18.8. The van der Waals surface area contributed by atoms with Gasteiger partial charge in [-0.3, -0.25) is 23.7 Å². The Bertz CT molecular complexity index is 2900. The average Bonchev–Trinajstić information content (AvgIpc) is 4.19. The van der Waals surface area contributed by atoms with Crippen LogP contribution >= 0.6 is 0 Å². The van der Waals surface area contributed by atoms with Gasteiger partial charge in [0.1, 0.15) is 34.2 Å². The van der Waals surface area contributed by atoms with Crippen LogP contribution in [0.1, 0.15) is 115 Å². The Balaban J connectivity index is 0.000000212. The van der Waals surface area contributed by atoms with Gasteiger partial charge in [-0.15, -0.1) is 0 Å². The third kappa shape index (κ3) is 11.1. The molecule has 1 N–H and O–H groups in total. The molecule has 7 heterocycles. The molecule has 0 saturated carbocycles. The number of carbonyl (C=O) groups excluding carboxylic acids is 3. The standard InChI is InChI=1S/C26H29N3O4.C26H27N3O4.C4H8O.B.Li.H/c2*1-17(2)32-22-9-8-18(14-19(22)16-30)25(31)29-12-10-26(11-13-29)21-15-27-28(3)24(21)20-6-4-5-7-23(20)33-26;1-2-4-5-3-1;;;/h4-9,14-15,17,30H,10-13,16H2,1-3H3;4-9,14-17H,10-13H2,1-3H3;1-4H2;;;/q;;;;+1;-1. The summed E-state index contributed by atoms with van der Waals surface area (Å²) in [6, 6.07) is 26.4. The van der Waals surface area contributed by atoms with Crippen molar-refractivity contribution in [2.75, 3.05) is 39.4 Å². The van der Waals surface area contributed by atoms with E-state index in [9.17, 15) is 19.5 Å². The van der Waals surface area contributed by atoms with Crippen LogP contribution in [0.25, 0.3) is 22.5 Å². The first-order valence-corrected chi connectivity index (χ1v) is 24.8. The van der Waals surface area contributed by atoms with Crippen LogP contribution in [0.5, 0.6) is 23.0 Å². The second kappa shape index (κ2) is 23.3. The number of hydrogen-bond donors (Lipinski definition) is 1. The zero-order chi connectivity index (χ0) is 49.9. The third-order valence-electron chi connectivity index (χ3n) is 13.9. The molecule has 0 unspecified atom stereocenters. The number of benzene rings is 4. The molecule has 3 fully saturated rings. The van der Waals surface area contributed by atoms with Crippen LogP contribution in [0.3, 0.4) is 0 Å². The molecule has 11 rings (SSSR count). The Hall–Kier alpha value is -6.31. The van der Waals surface area contributed by atoms with Gasteiger partial charge < -0.3 is 40.0 Å². The fourth-order valence-corrected chi connectivity index (χ4v) is 10.3. The minimum Gasteiger partial charge on any atom is -1.00 e. The number of nitrogens with zero attached hydrogens (tertiary/aromatic N) is 6. The maximum atomic E-state index is 13.3. The Morgan fingerprint density at radius 2 is 1.12 bits per heavy atom. The molecule has 2 amide bonds. The van der Waals surface area contributed by atoms with Crippen LogP contribution < -0.4 is 37.8 Å². The van der Waals surface area contributed by atoms with Gasteiger partial charge in [-0.2, -0.15) is 10.2 Å². The number of likely N-dealkylation sites (tertiary alicyclic amines) is 2. The minimum atomic E-state index is -0.502. The van der Waals surface area contributed by atoms with Crippen LogP contribution in [0, 0.1) is 0 Å². The molecule has 4 aromatic carbocycles. The molecule has 3 saturated heterocycles. The number of ether oxygens (including phenoxy) is 5. The van der Waals surface area contributed by atoms with Gasteiger partial charge in [-0.1, -0.05) is 24.3 Å². The van der Waals surface area contributed by atoms with E-state index < -0.39 is 11.2 Å². The number of hydrogen-bond acceptors (Lipinski definition) is 11. The van der Waals surface area contributed by atoms with E-state index in [1.807, 2.05) is 110 Å². The Morgan fingerprint density at radius 1 is 0.685 bits per heavy atom. The molecule has 6 aromatic rings. The van der Waals surface area contributed by atoms with Crippen molar-refractivity contribution in [1.29, 1.82) is 0 Å². The van der Waals surface area contributed by atoms with E-state index in [0.717, 1.165) is 64.6 Å². The number of rotatable bonds is 8. The van der Waals surface area contributed by atoms with Crippen molar-refractivity contribution in [1.82, 2.24) is 29.4 Å². The van der Waals surface area contributed by atoms with Crippen molar-refractivity contribution in [3.05, 3.63) is 131 Å². The number of aryl methyl sites for hydroxylation is 2. The fourth-order valence-electron chi connectivity index (χ4n) is 10.3. The first kappa shape index (κ1) is 54.5. The number of aliphatic hydroxyl groups is 1. The van der Waals surface area contributed by atoms with Gasteiger partial charge in [-0.05, 0) is 101 Å². The SMILES string of the molecule is C1CCOC1.CC(C)Oc1ccc(C(=O)N2CCC3(CC2)Oc2ccccc2-c2c3cnn2C)cc1C=O.CC(C)Oc1ccc(C(=O)N2CCC3(CC2)Oc2ccccc2-c2c3cnn2C)cc1CO.[B].[H-].[Li+]. The maximum Gasteiger partial charge on any atom is 1.00 e. The van der Waals surface area contributed by atoms with Gasteiger partial charge in [0.25, 0.3) is 11.8 Å². The Morgan fingerprint density at radius 3 is 1.55 bits per heavy atom. The van der Waals surface area contributed by atoms with E-state index >= 15 is 0 Å². The summed E-state index contributed by atoms with van der Waals surface area (Å²) in [6.07, 6.45) is 9.74. The zero-order valence-corrected chi connectivity index (χ0v) is 43.1. The Labute approximate surface area is 443 Å². The summed E-state index contributed by atoms with van der Waals surface area (Å²) in [5.74, 6) is 2.68. The van der Waals surface area contributed by atoms with E-state index in [0.29, 0.717) is 85.6 Å². The van der Waals surface area contributed by atoms with E-state index in [1.165, 1.54) is 12.8 Å². The van der Waals surface area contributed by atoms with Crippen molar-refractivity contribution in [3.8, 4) is 45.5 Å². The van der Waals surface area contributed by atoms with E-state index in [1.54, 1.807) is 36.4 Å². The molecule has 377 valence electrons. The number of aldehydes is 1. The molecule has 2 spiro atoms. The molecule has 0 aliphatic carbocycles. The zero-order valence-electron chi connectivity index (χ0n) is 44.1. The number of aliphatic hydroxyl groups excluding tert-OH is 1. The molecule has 5 aliphatic heterocycles. The Kier molecular flexibility index (Phi) is 17.4. The van der Waals surface area contributed by atoms with Crippen molar-refractivity contribution < 1.29 is 63.5 Å². The molecule has 2 aromatic heterocycles. The van der Waals surface area contributed by atoms with Gasteiger partial charge in [0, 0.05) is 127 Å². The van der Waals surface area contributed by atoms with Gasteiger partial charge in [0.05, 0.1) is 48.2 Å². The molecule has 3 radical (unpaired) electrons. The summed E-state index contributed by atoms with van der Waals surface area (Å²) in [5.41, 5.74) is 7.49. The van der Waals surface area contributed by atoms with Gasteiger partial charge in [0.2, 0.25) is 0 Å². The molecular weight excluding hydrogens is 918 g/mol. The summed E-state index contributed by atoms with van der Waals surface area (Å²) in [4.78, 5) is 41.7. The van der Waals surface area contributed by atoms with Crippen molar-refractivity contribution in [3.63, 3.8) is 0 Å². The number of aromatic nitrogens is 4. The van der Waals surface area contributed by atoms with Gasteiger partial charge >= 0.3 is 18.9 Å². The third-order valence-corrected chi connectivity index (χ3v) is 13.9. The average molecular weight is 984 g/mol. The first-order valence-electron chi connectivity index (χ1n) is 24.8. The summed E-state index contributed by atoms with van der Waals surface area (Å²) >= 11 is 0. The van der Waals surface area contributed by atoms with E-state index in [4.69, 9.17) is 23.7 Å². The van der Waals surface area contributed by atoms with Crippen LogP contribution in [-0.4, -0.2) is 113 Å². The monoisotopic (exact) mass is 984 g/mol. The van der Waals surface area contributed by atoms with Crippen molar-refractivity contribution in [2.45, 2.75) is 96.2 Å². The van der Waals surface area contributed by atoms with Crippen LogP contribution in [0.15, 0.2) is 97.3 Å². The van der Waals surface area contributed by atoms with Crippen molar-refractivity contribution in [2.24, 2.45) is 14.1 Å². The number of amides is 2. The van der Waals surface area contributed by atoms with Crippen LogP contribution in [0.2, 0.25) is 0 Å². The fraction of sp³-hybridized carbons (Fsp3) is 0.411. The van der Waals surface area contributed by atoms with E-state index in [2.05, 4.69) is 22.3 Å². The summed E-state index contributed by atoms with van der Waals surface area (Å²) in [7, 11) is 3.91. The number of carbonyl (C=O) groups is 3. The maximum absolute atomic E-state index is 13.3. The predicted octanol–water partition coefficient (Wildman–Crippen LogP) is 5.63. The second-order valence-electron chi connectivity index (χ2n) is 19.3. The number of piperidine rings is 2. The van der Waals surface area contributed by atoms with Gasteiger partial charge in [-0.25, -0.2) is 0 Å².